The second-order valence-electron chi connectivity index (χ2n) is 16.4. The number of alkyl carbamates (subject to hydrolysis) is 3. The van der Waals surface area contributed by atoms with Crippen LogP contribution in [0.15, 0.2) is 30.3 Å². The largest absolute Gasteiger partial charge is 0.461 e. The minimum atomic E-state index is -1.03. The molecule has 1 aromatic carbocycles. The van der Waals surface area contributed by atoms with Crippen molar-refractivity contribution in [3.8, 4) is 0 Å². The first-order chi connectivity index (χ1) is 25.6. The Morgan fingerprint density at radius 3 is 1.49 bits per heavy atom. The fourth-order valence-electron chi connectivity index (χ4n) is 4.93. The zero-order valence-electron chi connectivity index (χ0n) is 34.5. The summed E-state index contributed by atoms with van der Waals surface area (Å²) in [5.74, 6) is -1.24. The van der Waals surface area contributed by atoms with Gasteiger partial charge < -0.3 is 45.5 Å². The Morgan fingerprint density at radius 1 is 0.527 bits per heavy atom. The Morgan fingerprint density at radius 2 is 0.982 bits per heavy atom. The van der Waals surface area contributed by atoms with Crippen molar-refractivity contribution in [2.45, 2.75) is 162 Å². The lowest BCUT2D eigenvalue weighted by Gasteiger charge is -2.25. The first-order valence-corrected chi connectivity index (χ1v) is 19.3. The average Bonchev–Trinajstić information content (AvgIpc) is 3.05. The van der Waals surface area contributed by atoms with E-state index in [-0.39, 0.29) is 31.8 Å². The maximum absolute atomic E-state index is 13.7. The summed E-state index contributed by atoms with van der Waals surface area (Å²) in [6, 6.07) is 7.48. The highest BCUT2D eigenvalue weighted by Gasteiger charge is 2.28. The molecule has 5 N–H and O–H groups in total. The number of esters is 1. The van der Waals surface area contributed by atoms with E-state index >= 15 is 0 Å². The van der Waals surface area contributed by atoms with Crippen LogP contribution in [0, 0.1) is 0 Å². The van der Waals surface area contributed by atoms with Crippen molar-refractivity contribution in [1.29, 1.82) is 0 Å². The molecule has 0 spiro atoms. The second-order valence-corrected chi connectivity index (χ2v) is 16.4. The third-order valence-corrected chi connectivity index (χ3v) is 7.42. The number of ether oxygens (including phenoxy) is 4. The molecule has 2 atom stereocenters. The minimum absolute atomic E-state index is 0.211. The molecule has 0 radical (unpaired) electrons. The maximum atomic E-state index is 13.7. The van der Waals surface area contributed by atoms with Crippen molar-refractivity contribution in [2.75, 3.05) is 19.6 Å². The van der Waals surface area contributed by atoms with Gasteiger partial charge in [-0.2, -0.15) is 0 Å². The first kappa shape index (κ1) is 48.5. The molecule has 0 fully saturated rings. The predicted octanol–water partition coefficient (Wildman–Crippen LogP) is 6.17. The number of hydrogen-bond donors (Lipinski definition) is 5. The van der Waals surface area contributed by atoms with Crippen LogP contribution in [-0.2, 0) is 39.9 Å². The van der Waals surface area contributed by atoms with Gasteiger partial charge in [0.1, 0.15) is 35.5 Å². The Bertz CT molecular complexity index is 1340. The lowest BCUT2D eigenvalue weighted by atomic mass is 10.1. The van der Waals surface area contributed by atoms with Gasteiger partial charge in [-0.25, -0.2) is 14.4 Å². The Kier molecular flexibility index (Phi) is 21.8. The monoisotopic (exact) mass is 777 g/mol. The van der Waals surface area contributed by atoms with Crippen LogP contribution in [0.1, 0.15) is 132 Å². The van der Waals surface area contributed by atoms with E-state index in [0.717, 1.165) is 5.56 Å². The van der Waals surface area contributed by atoms with E-state index in [1.54, 1.807) is 62.3 Å². The van der Waals surface area contributed by atoms with Gasteiger partial charge in [-0.05, 0) is 119 Å². The summed E-state index contributed by atoms with van der Waals surface area (Å²) in [5, 5.41) is 13.7. The van der Waals surface area contributed by atoms with Crippen LogP contribution in [0.5, 0.6) is 0 Å². The third-order valence-electron chi connectivity index (χ3n) is 7.42. The van der Waals surface area contributed by atoms with Gasteiger partial charge in [-0.15, -0.1) is 0 Å². The number of unbranched alkanes of at least 4 members (excludes halogenated alkanes) is 4. The highest BCUT2D eigenvalue weighted by Crippen LogP contribution is 2.12. The second kappa shape index (κ2) is 24.8. The molecule has 1 rings (SSSR count). The lowest BCUT2D eigenvalue weighted by molar-refractivity contribution is -0.145. The normalized spacial score (nSPS) is 12.7. The van der Waals surface area contributed by atoms with E-state index in [1.807, 2.05) is 30.3 Å². The molecule has 0 aliphatic rings. The van der Waals surface area contributed by atoms with E-state index in [1.165, 1.54) is 0 Å². The van der Waals surface area contributed by atoms with Gasteiger partial charge in [-0.3, -0.25) is 14.4 Å². The highest BCUT2D eigenvalue weighted by atomic mass is 16.6. The molecule has 0 aliphatic heterocycles. The van der Waals surface area contributed by atoms with Gasteiger partial charge in [0.25, 0.3) is 0 Å². The molecule has 0 aliphatic carbocycles. The summed E-state index contributed by atoms with van der Waals surface area (Å²) in [7, 11) is 0. The molecule has 0 saturated heterocycles. The molecule has 0 unspecified atom stereocenters. The number of carbonyl (C=O) groups excluding carboxylic acids is 6. The molecule has 5 amide bonds. The van der Waals surface area contributed by atoms with Gasteiger partial charge in [0.15, 0.2) is 0 Å². The topological polar surface area (TPSA) is 199 Å². The van der Waals surface area contributed by atoms with E-state index in [4.69, 9.17) is 18.9 Å². The van der Waals surface area contributed by atoms with Crippen LogP contribution in [0.2, 0.25) is 0 Å². The van der Waals surface area contributed by atoms with Gasteiger partial charge in [-0.1, -0.05) is 36.8 Å². The third kappa shape index (κ3) is 26.8. The number of hydrogen-bond acceptors (Lipinski definition) is 10. The predicted molar refractivity (Wildman–Crippen MR) is 209 cm³/mol. The molecule has 1 aromatic rings. The number of carbonyl (C=O) groups is 6. The summed E-state index contributed by atoms with van der Waals surface area (Å²) >= 11 is 0. The summed E-state index contributed by atoms with van der Waals surface area (Å²) < 4.78 is 21.2. The zero-order chi connectivity index (χ0) is 41.5. The van der Waals surface area contributed by atoms with Gasteiger partial charge in [0.05, 0.1) is 0 Å². The molecular formula is C40H67N5O10. The van der Waals surface area contributed by atoms with Crippen LogP contribution in [0.4, 0.5) is 14.4 Å². The summed E-state index contributed by atoms with van der Waals surface area (Å²) in [4.78, 5) is 76.0. The molecule has 0 bridgehead atoms. The van der Waals surface area contributed by atoms with Crippen molar-refractivity contribution in [3.05, 3.63) is 35.9 Å². The molecule has 0 heterocycles. The summed E-state index contributed by atoms with van der Waals surface area (Å²) in [6.07, 6.45) is 2.71. The van der Waals surface area contributed by atoms with Gasteiger partial charge in [0.2, 0.25) is 11.8 Å². The molecule has 0 saturated carbocycles. The molecule has 15 heteroatoms. The van der Waals surface area contributed by atoms with E-state index in [0.29, 0.717) is 64.6 Å². The maximum Gasteiger partial charge on any atom is 0.408 e. The molecule has 55 heavy (non-hydrogen) atoms. The number of amides is 5. The van der Waals surface area contributed by atoms with Crippen molar-refractivity contribution >= 4 is 36.1 Å². The van der Waals surface area contributed by atoms with Crippen LogP contribution >= 0.6 is 0 Å². The SMILES string of the molecule is CC(C)(C)OC(=O)NCCCC[C@H](NC(=O)OC(C)(C)C)C(=O)N[C@@H](CCCCNC(=O)OC(C)(C)C)C(=O)NCCCCCC(=O)OCc1ccccc1. The Labute approximate surface area is 327 Å². The fourth-order valence-corrected chi connectivity index (χ4v) is 4.93. The van der Waals surface area contributed by atoms with Crippen molar-refractivity contribution < 1.29 is 47.7 Å². The summed E-state index contributed by atoms with van der Waals surface area (Å²) in [5.41, 5.74) is -1.16. The van der Waals surface area contributed by atoms with Crippen LogP contribution in [0.25, 0.3) is 0 Å². The Balaban J connectivity index is 2.81. The lowest BCUT2D eigenvalue weighted by Crippen LogP contribution is -2.54. The molecular weight excluding hydrogens is 710 g/mol. The fraction of sp³-hybridized carbons (Fsp3) is 0.700. The van der Waals surface area contributed by atoms with Crippen LogP contribution < -0.4 is 26.6 Å². The van der Waals surface area contributed by atoms with Crippen LogP contribution in [-0.4, -0.2) is 84.6 Å². The van der Waals surface area contributed by atoms with Gasteiger partial charge >= 0.3 is 24.2 Å². The highest BCUT2D eigenvalue weighted by molar-refractivity contribution is 5.91. The Hall–Kier alpha value is -4.56. The zero-order valence-corrected chi connectivity index (χ0v) is 34.5. The standard InChI is InChI=1S/C40H67N5O10/c1-38(2,3)53-35(49)42-26-18-15-22-30(33(47)41-25-17-11-14-24-32(46)52-28-29-20-12-10-13-21-29)44-34(48)31(45-37(51)55-40(7,8)9)23-16-19-27-43-36(50)54-39(4,5)6/h10,12-13,20-21,30-31H,11,14-19,22-28H2,1-9H3,(H,41,47)(H,42,49)(H,43,50)(H,44,48)(H,45,51)/t30-,31-/m0/s1. The number of nitrogens with one attached hydrogen (secondary N) is 5. The average molecular weight is 778 g/mol. The van der Waals surface area contributed by atoms with E-state index in [9.17, 15) is 28.8 Å². The smallest absolute Gasteiger partial charge is 0.408 e. The van der Waals surface area contributed by atoms with Crippen molar-refractivity contribution in [3.63, 3.8) is 0 Å². The first-order valence-electron chi connectivity index (χ1n) is 19.3. The molecule has 15 nitrogen and oxygen atoms in total. The van der Waals surface area contributed by atoms with E-state index in [2.05, 4.69) is 26.6 Å². The van der Waals surface area contributed by atoms with Crippen molar-refractivity contribution in [2.24, 2.45) is 0 Å². The quantitative estimate of drug-likeness (QED) is 0.0515. The number of rotatable bonds is 22. The van der Waals surface area contributed by atoms with Gasteiger partial charge in [0, 0.05) is 26.1 Å². The minimum Gasteiger partial charge on any atom is -0.461 e. The summed E-state index contributed by atoms with van der Waals surface area (Å²) in [6.45, 7) is 16.9. The molecule has 0 aromatic heterocycles. The van der Waals surface area contributed by atoms with Crippen LogP contribution in [0.3, 0.4) is 0 Å². The number of benzene rings is 1. The molecule has 312 valence electrons. The van der Waals surface area contributed by atoms with Crippen molar-refractivity contribution in [1.82, 2.24) is 26.6 Å². The van der Waals surface area contributed by atoms with E-state index < -0.39 is 59.0 Å².